The fraction of sp³-hybridized carbons (Fsp3) is 0.0667. The largest absolute Gasteiger partial charge is 0.484 e. The lowest BCUT2D eigenvalue weighted by atomic mass is 10.2. The van der Waals surface area contributed by atoms with E-state index in [1.807, 2.05) is 24.3 Å². The summed E-state index contributed by atoms with van der Waals surface area (Å²) in [5.74, 6) is 0.325. The molecule has 2 aromatic rings. The lowest BCUT2D eigenvalue weighted by Crippen LogP contribution is -2.24. The highest BCUT2D eigenvalue weighted by Gasteiger charge is 2.01. The van der Waals surface area contributed by atoms with E-state index in [0.717, 1.165) is 9.13 Å². The van der Waals surface area contributed by atoms with Crippen LogP contribution < -0.4 is 10.2 Å². The summed E-state index contributed by atoms with van der Waals surface area (Å²) >= 11 is 7.98. The highest BCUT2D eigenvalue weighted by atomic mass is 127. The number of nitrogens with one attached hydrogen (secondary N) is 1. The third-order valence-corrected chi connectivity index (χ3v) is 3.43. The Morgan fingerprint density at radius 2 is 1.86 bits per heavy atom. The summed E-state index contributed by atoms with van der Waals surface area (Å²) in [6.45, 7) is -0.0848. The molecule has 2 aromatic carbocycles. The predicted molar refractivity (Wildman–Crippen MR) is 91.8 cm³/mol. The molecule has 4 nitrogen and oxygen atoms in total. The second kappa shape index (κ2) is 7.99. The Balaban J connectivity index is 1.77. The summed E-state index contributed by atoms with van der Waals surface area (Å²) in [6.07, 6.45) is 1.54. The van der Waals surface area contributed by atoms with Gasteiger partial charge in [-0.2, -0.15) is 5.10 Å². The Morgan fingerprint density at radius 1 is 1.19 bits per heavy atom. The Labute approximate surface area is 141 Å². The first kappa shape index (κ1) is 15.8. The molecule has 0 aliphatic rings. The van der Waals surface area contributed by atoms with Gasteiger partial charge in [0, 0.05) is 8.59 Å². The van der Waals surface area contributed by atoms with Gasteiger partial charge in [-0.25, -0.2) is 5.43 Å². The summed E-state index contributed by atoms with van der Waals surface area (Å²) in [7, 11) is 0. The molecular weight excluding hydrogens is 403 g/mol. The molecule has 0 aliphatic heterocycles. The number of nitrogens with zero attached hydrogens (tertiary/aromatic N) is 1. The van der Waals surface area contributed by atoms with Gasteiger partial charge < -0.3 is 4.74 Å². The molecule has 1 N–H and O–H groups in total. The molecule has 0 heterocycles. The van der Waals surface area contributed by atoms with Crippen LogP contribution in [-0.2, 0) is 4.79 Å². The maximum atomic E-state index is 11.6. The van der Waals surface area contributed by atoms with Crippen LogP contribution in [0.4, 0.5) is 0 Å². The van der Waals surface area contributed by atoms with Crippen LogP contribution in [0.1, 0.15) is 5.56 Å². The number of hydrogen-bond donors (Lipinski definition) is 1. The molecule has 0 bridgehead atoms. The third kappa shape index (κ3) is 5.73. The zero-order valence-electron chi connectivity index (χ0n) is 10.9. The van der Waals surface area contributed by atoms with E-state index in [0.29, 0.717) is 10.8 Å². The summed E-state index contributed by atoms with van der Waals surface area (Å²) in [5.41, 5.74) is 3.24. The lowest BCUT2D eigenvalue weighted by Gasteiger charge is -2.04. The molecule has 0 atom stereocenters. The molecule has 0 aromatic heterocycles. The minimum absolute atomic E-state index is 0.0848. The van der Waals surface area contributed by atoms with Crippen LogP contribution in [0, 0.1) is 3.57 Å². The fourth-order valence-electron chi connectivity index (χ4n) is 1.44. The van der Waals surface area contributed by atoms with Gasteiger partial charge in [-0.3, -0.25) is 4.79 Å². The van der Waals surface area contributed by atoms with E-state index in [9.17, 15) is 4.79 Å². The normalized spacial score (nSPS) is 10.6. The third-order valence-electron chi connectivity index (χ3n) is 2.46. The van der Waals surface area contributed by atoms with Crippen molar-refractivity contribution in [3.8, 4) is 5.75 Å². The van der Waals surface area contributed by atoms with Crippen LogP contribution in [0.5, 0.6) is 5.75 Å². The van der Waals surface area contributed by atoms with Gasteiger partial charge in [-0.1, -0.05) is 23.7 Å². The standard InChI is InChI=1S/C15H12ClIN2O2/c16-12-3-1-11(2-4-12)9-18-19-15(20)10-21-14-7-5-13(17)6-8-14/h1-9H,10H2,(H,19,20)/b18-9+. The summed E-state index contributed by atoms with van der Waals surface area (Å²) in [5, 5.41) is 4.50. The van der Waals surface area contributed by atoms with E-state index in [1.165, 1.54) is 0 Å². The number of carbonyl (C=O) groups is 1. The first-order valence-corrected chi connectivity index (χ1v) is 7.55. The van der Waals surface area contributed by atoms with Crippen molar-refractivity contribution in [2.75, 3.05) is 6.61 Å². The topological polar surface area (TPSA) is 50.7 Å². The van der Waals surface area contributed by atoms with Crippen LogP contribution in [0.15, 0.2) is 53.6 Å². The van der Waals surface area contributed by atoms with Gasteiger partial charge in [0.25, 0.3) is 5.91 Å². The Hall–Kier alpha value is -1.60. The van der Waals surface area contributed by atoms with Crippen LogP contribution >= 0.6 is 34.2 Å². The molecule has 0 fully saturated rings. The molecule has 0 saturated carbocycles. The van der Waals surface area contributed by atoms with E-state index in [2.05, 4.69) is 33.1 Å². The van der Waals surface area contributed by atoms with Crippen molar-refractivity contribution in [2.24, 2.45) is 5.10 Å². The molecule has 0 saturated heterocycles. The number of rotatable bonds is 5. The Morgan fingerprint density at radius 3 is 2.52 bits per heavy atom. The van der Waals surface area contributed by atoms with Crippen molar-refractivity contribution in [1.29, 1.82) is 0 Å². The maximum Gasteiger partial charge on any atom is 0.277 e. The van der Waals surface area contributed by atoms with Gasteiger partial charge >= 0.3 is 0 Å². The van der Waals surface area contributed by atoms with Crippen molar-refractivity contribution < 1.29 is 9.53 Å². The Bertz CT molecular complexity index is 627. The van der Waals surface area contributed by atoms with Crippen molar-refractivity contribution >= 4 is 46.3 Å². The average molecular weight is 415 g/mol. The van der Waals surface area contributed by atoms with Crippen molar-refractivity contribution in [3.05, 3.63) is 62.7 Å². The molecule has 0 unspecified atom stereocenters. The summed E-state index contributed by atoms with van der Waals surface area (Å²) in [4.78, 5) is 11.6. The molecule has 0 spiro atoms. The minimum Gasteiger partial charge on any atom is -0.484 e. The summed E-state index contributed by atoms with van der Waals surface area (Å²) in [6, 6.07) is 14.6. The second-order valence-electron chi connectivity index (χ2n) is 4.09. The van der Waals surface area contributed by atoms with Gasteiger partial charge in [0.1, 0.15) is 5.75 Å². The van der Waals surface area contributed by atoms with Crippen LogP contribution in [0.3, 0.4) is 0 Å². The number of ether oxygens (including phenoxy) is 1. The molecule has 108 valence electrons. The fourth-order valence-corrected chi connectivity index (χ4v) is 1.93. The van der Waals surface area contributed by atoms with Crippen molar-refractivity contribution in [3.63, 3.8) is 0 Å². The lowest BCUT2D eigenvalue weighted by molar-refractivity contribution is -0.123. The van der Waals surface area contributed by atoms with Crippen LogP contribution in [-0.4, -0.2) is 18.7 Å². The highest BCUT2D eigenvalue weighted by molar-refractivity contribution is 14.1. The first-order chi connectivity index (χ1) is 10.1. The van der Waals surface area contributed by atoms with Crippen molar-refractivity contribution in [2.45, 2.75) is 0 Å². The number of halogens is 2. The summed E-state index contributed by atoms with van der Waals surface area (Å²) < 4.78 is 6.44. The zero-order chi connectivity index (χ0) is 15.1. The van der Waals surface area contributed by atoms with E-state index in [4.69, 9.17) is 16.3 Å². The van der Waals surface area contributed by atoms with Gasteiger partial charge in [-0.15, -0.1) is 0 Å². The molecule has 2 rings (SSSR count). The highest BCUT2D eigenvalue weighted by Crippen LogP contribution is 2.13. The van der Waals surface area contributed by atoms with E-state index >= 15 is 0 Å². The molecule has 1 amide bonds. The Kier molecular flexibility index (Phi) is 6.01. The zero-order valence-corrected chi connectivity index (χ0v) is 13.8. The van der Waals surface area contributed by atoms with Gasteiger partial charge in [0.05, 0.1) is 6.21 Å². The SMILES string of the molecule is O=C(COc1ccc(I)cc1)N/N=C/c1ccc(Cl)cc1. The molecular formula is C15H12ClIN2O2. The van der Waals surface area contributed by atoms with E-state index in [-0.39, 0.29) is 12.5 Å². The number of hydrazone groups is 1. The predicted octanol–water partition coefficient (Wildman–Crippen LogP) is 3.47. The van der Waals surface area contributed by atoms with Crippen molar-refractivity contribution in [1.82, 2.24) is 5.43 Å². The minimum atomic E-state index is -0.321. The van der Waals surface area contributed by atoms with Gasteiger partial charge in [-0.05, 0) is 64.6 Å². The molecule has 6 heteroatoms. The van der Waals surface area contributed by atoms with E-state index < -0.39 is 0 Å². The monoisotopic (exact) mass is 414 g/mol. The molecule has 0 aliphatic carbocycles. The second-order valence-corrected chi connectivity index (χ2v) is 5.77. The number of amides is 1. The average Bonchev–Trinajstić information content (AvgIpc) is 2.49. The first-order valence-electron chi connectivity index (χ1n) is 6.09. The number of carbonyl (C=O) groups excluding carboxylic acids is 1. The van der Waals surface area contributed by atoms with Crippen LogP contribution in [0.2, 0.25) is 5.02 Å². The number of benzene rings is 2. The quantitative estimate of drug-likeness (QED) is 0.463. The smallest absolute Gasteiger partial charge is 0.277 e. The number of hydrogen-bond acceptors (Lipinski definition) is 3. The van der Waals surface area contributed by atoms with Gasteiger partial charge in [0.15, 0.2) is 6.61 Å². The van der Waals surface area contributed by atoms with Gasteiger partial charge in [0.2, 0.25) is 0 Å². The maximum absolute atomic E-state index is 11.6. The molecule has 21 heavy (non-hydrogen) atoms. The van der Waals surface area contributed by atoms with E-state index in [1.54, 1.807) is 30.5 Å². The molecule has 0 radical (unpaired) electrons. The van der Waals surface area contributed by atoms with Crippen LogP contribution in [0.25, 0.3) is 0 Å².